The normalized spacial score (nSPS) is 19.8. The molecule has 1 atom stereocenters. The first-order chi connectivity index (χ1) is 8.89. The van der Waals surface area contributed by atoms with E-state index >= 15 is 0 Å². The highest BCUT2D eigenvalue weighted by molar-refractivity contribution is 7.86. The summed E-state index contributed by atoms with van der Waals surface area (Å²) < 4.78 is 33.8. The van der Waals surface area contributed by atoms with Gasteiger partial charge in [-0.05, 0) is 12.1 Å². The lowest BCUT2D eigenvalue weighted by atomic mass is 10.1. The van der Waals surface area contributed by atoms with Gasteiger partial charge in [0, 0.05) is 25.9 Å². The van der Waals surface area contributed by atoms with Crippen LogP contribution in [0, 0.1) is 5.92 Å². The fraction of sp³-hybridized carbons (Fsp3) is 0.455. The molecule has 0 aliphatic carbocycles. The minimum absolute atomic E-state index is 0.0386. The van der Waals surface area contributed by atoms with Crippen molar-refractivity contribution in [1.29, 1.82) is 0 Å². The molecule has 0 aromatic carbocycles. The van der Waals surface area contributed by atoms with Crippen molar-refractivity contribution >= 4 is 27.6 Å². The van der Waals surface area contributed by atoms with Gasteiger partial charge in [0.15, 0.2) is 0 Å². The molecule has 0 bridgehead atoms. The first-order valence-corrected chi connectivity index (χ1v) is 7.31. The van der Waals surface area contributed by atoms with Crippen LogP contribution in [-0.4, -0.2) is 38.7 Å². The zero-order valence-electron chi connectivity index (χ0n) is 10.3. The van der Waals surface area contributed by atoms with Crippen LogP contribution < -0.4 is 10.2 Å². The Balaban J connectivity index is 2.11. The molecule has 19 heavy (non-hydrogen) atoms. The second-order valence-electron chi connectivity index (χ2n) is 4.43. The summed E-state index contributed by atoms with van der Waals surface area (Å²) >= 11 is 0. The maximum absolute atomic E-state index is 12.6. The van der Waals surface area contributed by atoms with Crippen molar-refractivity contribution in [2.75, 3.05) is 29.6 Å². The average molecular weight is 287 g/mol. The highest BCUT2D eigenvalue weighted by Crippen LogP contribution is 2.26. The van der Waals surface area contributed by atoms with Crippen molar-refractivity contribution in [2.45, 2.75) is 6.42 Å². The van der Waals surface area contributed by atoms with E-state index in [1.165, 1.54) is 11.1 Å². The van der Waals surface area contributed by atoms with Crippen molar-refractivity contribution in [3.63, 3.8) is 0 Å². The van der Waals surface area contributed by atoms with E-state index < -0.39 is 21.9 Å². The van der Waals surface area contributed by atoms with E-state index in [9.17, 15) is 17.1 Å². The minimum Gasteiger partial charge on any atom is -0.373 e. The lowest BCUT2D eigenvalue weighted by molar-refractivity contribution is -0.117. The molecular weight excluding hydrogens is 273 g/mol. The first kappa shape index (κ1) is 13.7. The Morgan fingerprint density at radius 3 is 2.79 bits per heavy atom. The van der Waals surface area contributed by atoms with E-state index in [1.807, 2.05) is 0 Å². The molecule has 1 aromatic heterocycles. The van der Waals surface area contributed by atoms with E-state index in [1.54, 1.807) is 19.2 Å². The van der Waals surface area contributed by atoms with Gasteiger partial charge < -0.3 is 10.2 Å². The largest absolute Gasteiger partial charge is 0.373 e. The lowest BCUT2D eigenvalue weighted by Gasteiger charge is -2.16. The summed E-state index contributed by atoms with van der Waals surface area (Å²) in [5.41, 5.74) is 0.586. The molecule has 2 rings (SSSR count). The summed E-state index contributed by atoms with van der Waals surface area (Å²) in [4.78, 5) is 17.3. The maximum Gasteiger partial charge on any atom is 0.302 e. The van der Waals surface area contributed by atoms with Crippen LogP contribution in [0.15, 0.2) is 18.3 Å². The van der Waals surface area contributed by atoms with E-state index in [0.29, 0.717) is 11.5 Å². The quantitative estimate of drug-likeness (QED) is 0.828. The smallest absolute Gasteiger partial charge is 0.302 e. The number of aromatic nitrogens is 1. The Labute approximate surface area is 110 Å². The monoisotopic (exact) mass is 287 g/mol. The molecule has 1 aromatic rings. The van der Waals surface area contributed by atoms with Gasteiger partial charge in [-0.25, -0.2) is 4.98 Å². The third kappa shape index (κ3) is 3.40. The van der Waals surface area contributed by atoms with Crippen LogP contribution in [0.5, 0.6) is 0 Å². The molecule has 1 aliphatic heterocycles. The van der Waals surface area contributed by atoms with Gasteiger partial charge in [0.05, 0.1) is 17.6 Å². The topological polar surface area (TPSA) is 79.4 Å². The minimum atomic E-state index is -4.55. The van der Waals surface area contributed by atoms with Crippen molar-refractivity contribution in [3.8, 4) is 0 Å². The fourth-order valence-corrected chi connectivity index (χ4v) is 2.90. The van der Waals surface area contributed by atoms with Gasteiger partial charge in [-0.1, -0.05) is 0 Å². The summed E-state index contributed by atoms with van der Waals surface area (Å²) in [7, 11) is -2.82. The Hall–Kier alpha value is -1.70. The highest BCUT2D eigenvalue weighted by atomic mass is 32.3. The molecule has 0 saturated carbocycles. The van der Waals surface area contributed by atoms with Gasteiger partial charge in [0.25, 0.3) is 0 Å². The van der Waals surface area contributed by atoms with E-state index in [0.717, 1.165) is 0 Å². The third-order valence-corrected chi connectivity index (χ3v) is 3.83. The van der Waals surface area contributed by atoms with Crippen molar-refractivity contribution < 1.29 is 17.1 Å². The molecule has 1 saturated heterocycles. The summed E-state index contributed by atoms with van der Waals surface area (Å²) in [5, 5.41) is 2.85. The SMILES string of the molecule is CNc1ccc(N2CC(CS(=O)(=O)F)CC2=O)cn1. The number of carbonyl (C=O) groups is 1. The number of carbonyl (C=O) groups excluding carboxylic acids is 1. The van der Waals surface area contributed by atoms with E-state index in [-0.39, 0.29) is 18.9 Å². The van der Waals surface area contributed by atoms with Crippen LogP contribution in [0.1, 0.15) is 6.42 Å². The summed E-state index contributed by atoms with van der Waals surface area (Å²) in [5.74, 6) is -0.672. The van der Waals surface area contributed by atoms with Crippen LogP contribution >= 0.6 is 0 Å². The molecule has 1 unspecified atom stereocenters. The fourth-order valence-electron chi connectivity index (χ4n) is 2.12. The van der Waals surface area contributed by atoms with E-state index in [4.69, 9.17) is 0 Å². The number of anilines is 2. The predicted molar refractivity (Wildman–Crippen MR) is 69.1 cm³/mol. The Morgan fingerprint density at radius 2 is 2.26 bits per heavy atom. The van der Waals surface area contributed by atoms with Gasteiger partial charge in [-0.3, -0.25) is 4.79 Å². The van der Waals surface area contributed by atoms with Gasteiger partial charge in [0.1, 0.15) is 5.82 Å². The number of nitrogens with one attached hydrogen (secondary N) is 1. The maximum atomic E-state index is 12.6. The summed E-state index contributed by atoms with van der Waals surface area (Å²) in [6, 6.07) is 3.42. The van der Waals surface area contributed by atoms with Crippen LogP contribution in [0.4, 0.5) is 15.4 Å². The Morgan fingerprint density at radius 1 is 1.53 bits per heavy atom. The molecule has 1 aliphatic rings. The summed E-state index contributed by atoms with van der Waals surface area (Å²) in [6.07, 6.45) is 1.56. The lowest BCUT2D eigenvalue weighted by Crippen LogP contribution is -2.25. The molecule has 0 spiro atoms. The second kappa shape index (κ2) is 5.12. The van der Waals surface area contributed by atoms with Crippen LogP contribution in [-0.2, 0) is 15.0 Å². The molecular formula is C11H14FN3O3S. The molecule has 0 radical (unpaired) electrons. The van der Waals surface area contributed by atoms with Crippen LogP contribution in [0.3, 0.4) is 0 Å². The molecule has 6 nitrogen and oxygen atoms in total. The van der Waals surface area contributed by atoms with Gasteiger partial charge in [-0.15, -0.1) is 3.89 Å². The van der Waals surface area contributed by atoms with Gasteiger partial charge >= 0.3 is 10.2 Å². The van der Waals surface area contributed by atoms with Crippen LogP contribution in [0.25, 0.3) is 0 Å². The van der Waals surface area contributed by atoms with Crippen molar-refractivity contribution in [2.24, 2.45) is 5.92 Å². The predicted octanol–water partition coefficient (Wildman–Crippen LogP) is 0.775. The van der Waals surface area contributed by atoms with Crippen molar-refractivity contribution in [3.05, 3.63) is 18.3 Å². The number of hydrogen-bond acceptors (Lipinski definition) is 5. The van der Waals surface area contributed by atoms with Gasteiger partial charge in [0.2, 0.25) is 5.91 Å². The van der Waals surface area contributed by atoms with Gasteiger partial charge in [-0.2, -0.15) is 8.42 Å². The molecule has 2 heterocycles. The zero-order chi connectivity index (χ0) is 14.0. The first-order valence-electron chi connectivity index (χ1n) is 5.75. The molecule has 1 fully saturated rings. The molecule has 1 amide bonds. The number of amides is 1. The van der Waals surface area contributed by atoms with E-state index in [2.05, 4.69) is 10.3 Å². The average Bonchev–Trinajstić information content (AvgIpc) is 2.68. The van der Waals surface area contributed by atoms with Crippen LogP contribution in [0.2, 0.25) is 0 Å². The highest BCUT2D eigenvalue weighted by Gasteiger charge is 2.33. The number of halogens is 1. The molecule has 104 valence electrons. The molecule has 8 heteroatoms. The number of nitrogens with zero attached hydrogens (tertiary/aromatic N) is 2. The Kier molecular flexibility index (Phi) is 3.70. The number of rotatable bonds is 4. The number of hydrogen-bond donors (Lipinski definition) is 1. The summed E-state index contributed by atoms with van der Waals surface area (Å²) in [6.45, 7) is 0.197. The third-order valence-electron chi connectivity index (χ3n) is 2.96. The Bertz CT molecular complexity index is 573. The number of pyridine rings is 1. The zero-order valence-corrected chi connectivity index (χ0v) is 11.2. The standard InChI is InChI=1S/C11H14FN3O3S/c1-13-10-3-2-9(5-14-10)15-6-8(4-11(15)16)7-19(12,17)18/h2-3,5,8H,4,6-7H2,1H3,(H,13,14). The van der Waals surface area contributed by atoms with Crippen molar-refractivity contribution in [1.82, 2.24) is 4.98 Å². The molecule has 1 N–H and O–H groups in total. The second-order valence-corrected chi connectivity index (χ2v) is 5.84.